The van der Waals surface area contributed by atoms with Gasteiger partial charge in [0, 0.05) is 5.92 Å². The molecule has 2 aromatic rings. The molecule has 84 valence electrons. The molecular formula is C10H12N4O2. The highest BCUT2D eigenvalue weighted by Gasteiger charge is 2.28. The first-order valence-corrected chi connectivity index (χ1v) is 5.31. The quantitative estimate of drug-likeness (QED) is 0.803. The number of nitrogens with zero attached hydrogens (tertiary/aromatic N) is 3. The number of rotatable bonds is 3. The molecule has 0 atom stereocenters. The Hall–Kier alpha value is -1.85. The van der Waals surface area contributed by atoms with Crippen molar-refractivity contribution in [3.8, 4) is 0 Å². The minimum atomic E-state index is -0.854. The number of aryl methyl sites for hydroxylation is 1. The number of imidazole rings is 1. The summed E-state index contributed by atoms with van der Waals surface area (Å²) in [5.74, 6) is 1.16. The van der Waals surface area contributed by atoms with Crippen molar-refractivity contribution in [1.29, 1.82) is 0 Å². The molecular weight excluding hydrogens is 208 g/mol. The van der Waals surface area contributed by atoms with Gasteiger partial charge in [-0.3, -0.25) is 9.89 Å². The maximum atomic E-state index is 10.7. The van der Waals surface area contributed by atoms with Crippen LogP contribution in [0.2, 0.25) is 0 Å². The number of aromatic nitrogens is 4. The van der Waals surface area contributed by atoms with Crippen LogP contribution in [0.15, 0.2) is 0 Å². The molecule has 1 aliphatic carbocycles. The summed E-state index contributed by atoms with van der Waals surface area (Å²) in [7, 11) is 0. The van der Waals surface area contributed by atoms with Crippen LogP contribution >= 0.6 is 0 Å². The zero-order valence-corrected chi connectivity index (χ0v) is 8.90. The minimum Gasteiger partial charge on any atom is -0.481 e. The van der Waals surface area contributed by atoms with Crippen molar-refractivity contribution in [2.45, 2.75) is 32.1 Å². The first kappa shape index (κ1) is 9.38. The van der Waals surface area contributed by atoms with Gasteiger partial charge in [0.1, 0.15) is 5.82 Å². The Morgan fingerprint density at radius 1 is 1.56 bits per heavy atom. The third-order valence-electron chi connectivity index (χ3n) is 2.88. The van der Waals surface area contributed by atoms with E-state index < -0.39 is 5.97 Å². The molecule has 0 unspecified atom stereocenters. The maximum Gasteiger partial charge on any atom is 0.309 e. The van der Waals surface area contributed by atoms with Gasteiger partial charge < -0.3 is 5.11 Å². The molecule has 0 aliphatic heterocycles. The van der Waals surface area contributed by atoms with Crippen LogP contribution in [0.5, 0.6) is 0 Å². The first-order chi connectivity index (χ1) is 7.65. The molecule has 0 bridgehead atoms. The molecule has 0 spiro atoms. The molecule has 3 rings (SSSR count). The number of H-pyrrole nitrogens is 1. The molecule has 0 amide bonds. The van der Waals surface area contributed by atoms with Crippen molar-refractivity contribution < 1.29 is 9.90 Å². The number of nitrogens with one attached hydrogen (secondary N) is 1. The number of hydrogen-bond donors (Lipinski definition) is 2. The van der Waals surface area contributed by atoms with Gasteiger partial charge in [-0.05, 0) is 19.8 Å². The van der Waals surface area contributed by atoms with Crippen LogP contribution in [-0.4, -0.2) is 30.7 Å². The summed E-state index contributed by atoms with van der Waals surface area (Å²) < 4.78 is 1.69. The lowest BCUT2D eigenvalue weighted by atomic mass is 10.3. The lowest BCUT2D eigenvalue weighted by Crippen LogP contribution is -2.05. The van der Waals surface area contributed by atoms with E-state index in [2.05, 4.69) is 15.1 Å². The molecule has 1 saturated carbocycles. The van der Waals surface area contributed by atoms with Crippen LogP contribution in [0, 0.1) is 6.92 Å². The largest absolute Gasteiger partial charge is 0.481 e. The molecule has 1 fully saturated rings. The predicted molar refractivity (Wildman–Crippen MR) is 55.4 cm³/mol. The van der Waals surface area contributed by atoms with E-state index >= 15 is 0 Å². The zero-order chi connectivity index (χ0) is 11.3. The highest BCUT2D eigenvalue weighted by molar-refractivity contribution is 5.70. The number of carboxylic acid groups (broad SMARTS) is 1. The zero-order valence-electron chi connectivity index (χ0n) is 8.90. The summed E-state index contributed by atoms with van der Waals surface area (Å²) in [5, 5.41) is 12.0. The summed E-state index contributed by atoms with van der Waals surface area (Å²) in [6.45, 7) is 1.80. The predicted octanol–water partition coefficient (Wildman–Crippen LogP) is 0.870. The molecule has 2 N–H and O–H groups in total. The Morgan fingerprint density at radius 2 is 2.31 bits per heavy atom. The number of carboxylic acids is 1. The Bertz CT molecular complexity index is 565. The lowest BCUT2D eigenvalue weighted by molar-refractivity contribution is -0.136. The SMILES string of the molecule is Cc1nc2nc(C3CC3)[nH]n2c1CC(=O)O. The number of fused-ring (bicyclic) bond motifs is 1. The monoisotopic (exact) mass is 220 g/mol. The van der Waals surface area contributed by atoms with Gasteiger partial charge in [-0.1, -0.05) is 0 Å². The van der Waals surface area contributed by atoms with Crippen molar-refractivity contribution in [1.82, 2.24) is 19.6 Å². The highest BCUT2D eigenvalue weighted by atomic mass is 16.4. The summed E-state index contributed by atoms with van der Waals surface area (Å²) in [4.78, 5) is 19.4. The summed E-state index contributed by atoms with van der Waals surface area (Å²) in [5.41, 5.74) is 1.41. The third kappa shape index (κ3) is 1.37. The molecule has 2 aromatic heterocycles. The molecule has 0 radical (unpaired) electrons. The van der Waals surface area contributed by atoms with Gasteiger partial charge in [0.25, 0.3) is 5.78 Å². The lowest BCUT2D eigenvalue weighted by Gasteiger charge is -1.96. The normalized spacial score (nSPS) is 15.8. The second-order valence-electron chi connectivity index (χ2n) is 4.23. The molecule has 0 aromatic carbocycles. The summed E-state index contributed by atoms with van der Waals surface area (Å²) in [6, 6.07) is 0. The number of aromatic amines is 1. The van der Waals surface area contributed by atoms with Crippen LogP contribution in [0.25, 0.3) is 5.78 Å². The average molecular weight is 220 g/mol. The van der Waals surface area contributed by atoms with Gasteiger partial charge in [-0.2, -0.15) is 4.98 Å². The number of carbonyl (C=O) groups is 1. The van der Waals surface area contributed by atoms with Crippen molar-refractivity contribution >= 4 is 11.7 Å². The van der Waals surface area contributed by atoms with E-state index in [4.69, 9.17) is 5.11 Å². The van der Waals surface area contributed by atoms with E-state index in [1.54, 1.807) is 11.4 Å². The van der Waals surface area contributed by atoms with Crippen LogP contribution in [-0.2, 0) is 11.2 Å². The topological polar surface area (TPSA) is 83.3 Å². The van der Waals surface area contributed by atoms with Gasteiger partial charge in [-0.15, -0.1) is 0 Å². The molecule has 2 heterocycles. The Balaban J connectivity index is 2.09. The minimum absolute atomic E-state index is 0.0285. The fourth-order valence-electron chi connectivity index (χ4n) is 1.88. The summed E-state index contributed by atoms with van der Waals surface area (Å²) in [6.07, 6.45) is 2.28. The van der Waals surface area contributed by atoms with Crippen LogP contribution in [0.3, 0.4) is 0 Å². The maximum absolute atomic E-state index is 10.7. The van der Waals surface area contributed by atoms with E-state index in [0.29, 0.717) is 17.4 Å². The van der Waals surface area contributed by atoms with Crippen LogP contribution in [0.1, 0.15) is 36.0 Å². The molecule has 6 heteroatoms. The van der Waals surface area contributed by atoms with E-state index in [-0.39, 0.29) is 6.42 Å². The number of aliphatic carboxylic acids is 1. The van der Waals surface area contributed by atoms with Crippen LogP contribution < -0.4 is 0 Å². The van der Waals surface area contributed by atoms with Gasteiger partial charge in [0.05, 0.1) is 17.8 Å². The second kappa shape index (κ2) is 3.07. The van der Waals surface area contributed by atoms with Crippen molar-refractivity contribution in [3.63, 3.8) is 0 Å². The molecule has 1 aliphatic rings. The highest BCUT2D eigenvalue weighted by Crippen LogP contribution is 2.38. The standard InChI is InChI=1S/C10H12N4O2/c1-5-7(4-8(15)16)14-10(11-5)12-9(13-14)6-2-3-6/h6H,2-4H2,1H3,(H,15,16)(H,11,12,13). The van der Waals surface area contributed by atoms with E-state index in [0.717, 1.165) is 24.4 Å². The van der Waals surface area contributed by atoms with Crippen molar-refractivity contribution in [2.24, 2.45) is 0 Å². The molecule has 16 heavy (non-hydrogen) atoms. The van der Waals surface area contributed by atoms with Crippen LogP contribution in [0.4, 0.5) is 0 Å². The van der Waals surface area contributed by atoms with Crippen molar-refractivity contribution in [2.75, 3.05) is 0 Å². The molecule has 0 saturated heterocycles. The Labute approximate surface area is 91.3 Å². The second-order valence-corrected chi connectivity index (χ2v) is 4.23. The first-order valence-electron chi connectivity index (χ1n) is 5.31. The third-order valence-corrected chi connectivity index (χ3v) is 2.88. The Morgan fingerprint density at radius 3 is 2.94 bits per heavy atom. The Kier molecular flexibility index (Phi) is 1.80. The van der Waals surface area contributed by atoms with E-state index in [1.165, 1.54) is 0 Å². The average Bonchev–Trinajstić information content (AvgIpc) is 2.92. The van der Waals surface area contributed by atoms with Crippen molar-refractivity contribution in [3.05, 3.63) is 17.2 Å². The van der Waals surface area contributed by atoms with Gasteiger partial charge in [0.2, 0.25) is 0 Å². The van der Waals surface area contributed by atoms with Gasteiger partial charge in [0.15, 0.2) is 0 Å². The smallest absolute Gasteiger partial charge is 0.309 e. The van der Waals surface area contributed by atoms with Gasteiger partial charge >= 0.3 is 5.97 Å². The van der Waals surface area contributed by atoms with E-state index in [1.807, 2.05) is 0 Å². The molecule has 6 nitrogen and oxygen atoms in total. The fraction of sp³-hybridized carbons (Fsp3) is 0.500. The fourth-order valence-corrected chi connectivity index (χ4v) is 1.88. The number of hydrogen-bond acceptors (Lipinski definition) is 3. The van der Waals surface area contributed by atoms with E-state index in [9.17, 15) is 4.79 Å². The summed E-state index contributed by atoms with van der Waals surface area (Å²) >= 11 is 0. The van der Waals surface area contributed by atoms with Gasteiger partial charge in [-0.25, -0.2) is 9.50 Å².